The summed E-state index contributed by atoms with van der Waals surface area (Å²) in [6.45, 7) is 7.33. The zero-order chi connectivity index (χ0) is 18.3. The van der Waals surface area contributed by atoms with E-state index in [9.17, 15) is 14.4 Å². The SMILES string of the molecule is COC(=O)CC/C(=C/C[Si](C)(C)C)CCCN1C(=O)C=C(I)C1=O. The molecule has 0 radical (unpaired) electrons. The minimum atomic E-state index is -1.20. The van der Waals surface area contributed by atoms with Crippen molar-refractivity contribution in [3.8, 4) is 0 Å². The Balaban J connectivity index is 2.57. The van der Waals surface area contributed by atoms with Gasteiger partial charge in [0.15, 0.2) is 0 Å². The van der Waals surface area contributed by atoms with E-state index in [0.29, 0.717) is 29.4 Å². The van der Waals surface area contributed by atoms with Gasteiger partial charge in [-0.1, -0.05) is 31.3 Å². The van der Waals surface area contributed by atoms with Gasteiger partial charge in [-0.05, 0) is 47.9 Å². The molecule has 0 atom stereocenters. The van der Waals surface area contributed by atoms with E-state index in [0.717, 1.165) is 12.5 Å². The van der Waals surface area contributed by atoms with Crippen molar-refractivity contribution >= 4 is 48.4 Å². The predicted octanol–water partition coefficient (Wildman–Crippen LogP) is 3.67. The van der Waals surface area contributed by atoms with E-state index >= 15 is 0 Å². The van der Waals surface area contributed by atoms with Crippen LogP contribution in [0.5, 0.6) is 0 Å². The van der Waals surface area contributed by atoms with Gasteiger partial charge in [-0.25, -0.2) is 0 Å². The molecule has 0 saturated heterocycles. The molecule has 0 fully saturated rings. The number of hydrogen-bond donors (Lipinski definition) is 0. The fourth-order valence-corrected chi connectivity index (χ4v) is 3.76. The van der Waals surface area contributed by atoms with Crippen LogP contribution in [-0.2, 0) is 19.1 Å². The minimum Gasteiger partial charge on any atom is -0.469 e. The number of imide groups is 1. The van der Waals surface area contributed by atoms with E-state index in [1.807, 2.05) is 22.6 Å². The fourth-order valence-electron chi connectivity index (χ4n) is 2.30. The number of esters is 1. The number of halogens is 1. The van der Waals surface area contributed by atoms with Gasteiger partial charge < -0.3 is 4.74 Å². The van der Waals surface area contributed by atoms with Gasteiger partial charge in [0.25, 0.3) is 11.8 Å². The number of carbonyl (C=O) groups is 3. The van der Waals surface area contributed by atoms with Gasteiger partial charge in [0.2, 0.25) is 0 Å². The minimum absolute atomic E-state index is 0.206. The van der Waals surface area contributed by atoms with E-state index in [1.54, 1.807) is 0 Å². The van der Waals surface area contributed by atoms with Crippen molar-refractivity contribution in [1.82, 2.24) is 4.90 Å². The number of hydrogen-bond acceptors (Lipinski definition) is 4. The quantitative estimate of drug-likeness (QED) is 0.172. The lowest BCUT2D eigenvalue weighted by Crippen LogP contribution is -2.31. The van der Waals surface area contributed by atoms with Crippen molar-refractivity contribution < 1.29 is 19.1 Å². The number of ether oxygens (including phenoxy) is 1. The topological polar surface area (TPSA) is 63.7 Å². The van der Waals surface area contributed by atoms with E-state index in [2.05, 4.69) is 25.7 Å². The number of methoxy groups -OCH3 is 1. The van der Waals surface area contributed by atoms with Gasteiger partial charge in [-0.3, -0.25) is 19.3 Å². The van der Waals surface area contributed by atoms with E-state index in [1.165, 1.54) is 23.7 Å². The maximum absolute atomic E-state index is 11.9. The monoisotopic (exact) mass is 463 g/mol. The van der Waals surface area contributed by atoms with E-state index < -0.39 is 8.07 Å². The van der Waals surface area contributed by atoms with Crippen LogP contribution in [0.2, 0.25) is 25.7 Å². The second-order valence-corrected chi connectivity index (χ2v) is 13.8. The van der Waals surface area contributed by atoms with Gasteiger partial charge in [0.05, 0.1) is 10.7 Å². The Morgan fingerprint density at radius 2 is 1.92 bits per heavy atom. The first-order chi connectivity index (χ1) is 11.1. The second kappa shape index (κ2) is 9.50. The average Bonchev–Trinajstić information content (AvgIpc) is 2.74. The zero-order valence-electron chi connectivity index (χ0n) is 14.9. The van der Waals surface area contributed by atoms with E-state index in [4.69, 9.17) is 4.74 Å². The lowest BCUT2D eigenvalue weighted by molar-refractivity contribution is -0.140. The third-order valence-electron chi connectivity index (χ3n) is 3.73. The molecule has 5 nitrogen and oxygen atoms in total. The summed E-state index contributed by atoms with van der Waals surface area (Å²) in [4.78, 5) is 36.3. The molecule has 0 N–H and O–H groups in total. The van der Waals surface area contributed by atoms with Crippen molar-refractivity contribution in [2.75, 3.05) is 13.7 Å². The summed E-state index contributed by atoms with van der Waals surface area (Å²) in [5, 5.41) is 0. The molecular formula is C17H26INO4Si. The first-order valence-corrected chi connectivity index (χ1v) is 12.9. The summed E-state index contributed by atoms with van der Waals surface area (Å²) in [5.74, 6) is -0.646. The maximum Gasteiger partial charge on any atom is 0.305 e. The second-order valence-electron chi connectivity index (χ2n) is 7.09. The van der Waals surface area contributed by atoms with Gasteiger partial charge in [-0.15, -0.1) is 0 Å². The molecule has 0 aromatic rings. The summed E-state index contributed by atoms with van der Waals surface area (Å²) < 4.78 is 5.18. The standard InChI is InChI=1S/C17H26INO4Si/c1-23-16(21)8-7-13(9-11-24(2,3)4)6-5-10-19-15(20)12-14(18)17(19)22/h9,12H,5-8,10-11H2,1-4H3/b13-9+. The largest absolute Gasteiger partial charge is 0.469 e. The molecule has 0 aromatic heterocycles. The summed E-state index contributed by atoms with van der Waals surface area (Å²) in [7, 11) is 0.195. The number of allylic oxidation sites excluding steroid dienone is 2. The van der Waals surface area contributed by atoms with E-state index in [-0.39, 0.29) is 17.8 Å². The Labute approximate surface area is 158 Å². The highest BCUT2D eigenvalue weighted by Gasteiger charge is 2.28. The summed E-state index contributed by atoms with van der Waals surface area (Å²) in [6.07, 6.45) is 6.17. The number of carbonyl (C=O) groups excluding carboxylic acids is 3. The lowest BCUT2D eigenvalue weighted by Gasteiger charge is -2.16. The van der Waals surface area contributed by atoms with Crippen LogP contribution in [0.3, 0.4) is 0 Å². The van der Waals surface area contributed by atoms with Crippen LogP contribution in [0.1, 0.15) is 25.7 Å². The van der Waals surface area contributed by atoms with Crippen molar-refractivity contribution in [2.45, 2.75) is 51.4 Å². The normalized spacial score (nSPS) is 15.8. The number of amides is 2. The smallest absolute Gasteiger partial charge is 0.305 e. The van der Waals surface area contributed by atoms with Crippen LogP contribution in [0, 0.1) is 0 Å². The Morgan fingerprint density at radius 3 is 2.42 bits per heavy atom. The third-order valence-corrected chi connectivity index (χ3v) is 5.93. The molecule has 1 heterocycles. The molecule has 24 heavy (non-hydrogen) atoms. The van der Waals surface area contributed by atoms with Gasteiger partial charge in [-0.2, -0.15) is 0 Å². The Morgan fingerprint density at radius 1 is 1.25 bits per heavy atom. The summed E-state index contributed by atoms with van der Waals surface area (Å²) in [5.41, 5.74) is 1.21. The summed E-state index contributed by atoms with van der Waals surface area (Å²) >= 11 is 1.89. The molecule has 0 aliphatic carbocycles. The highest BCUT2D eigenvalue weighted by atomic mass is 127. The van der Waals surface area contributed by atoms with Gasteiger partial charge >= 0.3 is 5.97 Å². The van der Waals surface area contributed by atoms with Crippen molar-refractivity contribution in [3.05, 3.63) is 21.3 Å². The molecule has 7 heteroatoms. The molecule has 134 valence electrons. The van der Waals surface area contributed by atoms with Crippen LogP contribution in [-0.4, -0.2) is 44.4 Å². The summed E-state index contributed by atoms with van der Waals surface area (Å²) in [6, 6.07) is 1.06. The van der Waals surface area contributed by atoms with Crippen LogP contribution in [0.25, 0.3) is 0 Å². The number of nitrogens with zero attached hydrogens (tertiary/aromatic N) is 1. The van der Waals surface area contributed by atoms with Crippen molar-refractivity contribution in [2.24, 2.45) is 0 Å². The number of rotatable bonds is 9. The molecule has 1 aliphatic rings. The van der Waals surface area contributed by atoms with Crippen molar-refractivity contribution in [3.63, 3.8) is 0 Å². The molecule has 0 bridgehead atoms. The first-order valence-electron chi connectivity index (χ1n) is 8.12. The molecule has 0 aromatic carbocycles. The Bertz CT molecular complexity index is 563. The highest BCUT2D eigenvalue weighted by molar-refractivity contribution is 14.1. The van der Waals surface area contributed by atoms with Gasteiger partial charge in [0.1, 0.15) is 0 Å². The highest BCUT2D eigenvalue weighted by Crippen LogP contribution is 2.22. The molecule has 0 unspecified atom stereocenters. The molecule has 0 saturated carbocycles. The fraction of sp³-hybridized carbons (Fsp3) is 0.588. The molecular weight excluding hydrogens is 437 g/mol. The average molecular weight is 463 g/mol. The van der Waals surface area contributed by atoms with Crippen LogP contribution < -0.4 is 0 Å². The first kappa shape index (κ1) is 21.1. The van der Waals surface area contributed by atoms with Crippen LogP contribution in [0.4, 0.5) is 0 Å². The zero-order valence-corrected chi connectivity index (χ0v) is 18.0. The van der Waals surface area contributed by atoms with Crippen LogP contribution in [0.15, 0.2) is 21.3 Å². The molecule has 1 aliphatic heterocycles. The predicted molar refractivity (Wildman–Crippen MR) is 106 cm³/mol. The molecule has 0 spiro atoms. The maximum atomic E-state index is 11.9. The Kier molecular flexibility index (Phi) is 8.35. The Hall–Kier alpha value is -0.963. The van der Waals surface area contributed by atoms with Gasteiger partial charge in [0, 0.05) is 27.1 Å². The van der Waals surface area contributed by atoms with Crippen LogP contribution >= 0.6 is 22.6 Å². The van der Waals surface area contributed by atoms with Crippen molar-refractivity contribution in [1.29, 1.82) is 0 Å². The molecule has 1 rings (SSSR count). The third kappa shape index (κ3) is 7.29. The molecule has 2 amide bonds. The lowest BCUT2D eigenvalue weighted by atomic mass is 10.0.